The quantitative estimate of drug-likeness (QED) is 0.575. The van der Waals surface area contributed by atoms with Crippen LogP contribution in [0.4, 0.5) is 0 Å². The van der Waals surface area contributed by atoms with Crippen molar-refractivity contribution in [3.8, 4) is 11.5 Å². The van der Waals surface area contributed by atoms with Crippen LogP contribution >= 0.6 is 0 Å². The van der Waals surface area contributed by atoms with Crippen molar-refractivity contribution in [3.63, 3.8) is 0 Å². The Kier molecular flexibility index (Phi) is 3.92. The average molecular weight is 446 g/mol. The summed E-state index contributed by atoms with van der Waals surface area (Å²) in [5, 5.41) is 0. The van der Waals surface area contributed by atoms with Crippen LogP contribution in [0.5, 0.6) is 11.5 Å². The van der Waals surface area contributed by atoms with E-state index >= 15 is 0 Å². The molecule has 5 rings (SSSR count). The molecule has 0 amide bonds. The standard InChI is InChI=1S/C20H14O8S2/c21-29(22,23)16-9-3-7-14-18(16)28-19-15(8-4-10-17(19)30(24,25)26)20(14)13-6-2-1-5-12(13)11-27-20/h1-10H,11H2,(H,21,22,23)(H,24,25,26). The molecule has 0 unspecified atom stereocenters. The number of fused-ring (bicyclic) bond motifs is 6. The fraction of sp³-hybridized carbons (Fsp3) is 0.100. The summed E-state index contributed by atoms with van der Waals surface area (Å²) in [6, 6.07) is 15.6. The van der Waals surface area contributed by atoms with E-state index in [9.17, 15) is 25.9 Å². The monoisotopic (exact) mass is 446 g/mol. The molecule has 154 valence electrons. The molecule has 30 heavy (non-hydrogen) atoms. The number of hydrogen-bond acceptors (Lipinski definition) is 6. The normalized spacial score (nSPS) is 16.5. The van der Waals surface area contributed by atoms with Crippen molar-refractivity contribution >= 4 is 20.2 Å². The molecule has 0 aliphatic carbocycles. The molecule has 3 aromatic rings. The van der Waals surface area contributed by atoms with Crippen LogP contribution in [0.3, 0.4) is 0 Å². The Hall–Kier alpha value is -2.76. The maximum Gasteiger partial charge on any atom is 0.298 e. The molecule has 0 aromatic heterocycles. The van der Waals surface area contributed by atoms with Gasteiger partial charge in [-0.05, 0) is 23.3 Å². The smallest absolute Gasteiger partial charge is 0.298 e. The zero-order valence-corrected chi connectivity index (χ0v) is 16.8. The summed E-state index contributed by atoms with van der Waals surface area (Å²) in [6.45, 7) is 0.182. The van der Waals surface area contributed by atoms with Gasteiger partial charge in [0, 0.05) is 11.1 Å². The lowest BCUT2D eigenvalue weighted by Crippen LogP contribution is -2.33. The van der Waals surface area contributed by atoms with Crippen LogP contribution in [0.1, 0.15) is 22.3 Å². The summed E-state index contributed by atoms with van der Waals surface area (Å²) in [5.74, 6) is -0.527. The van der Waals surface area contributed by atoms with Gasteiger partial charge in [-0.3, -0.25) is 9.11 Å². The van der Waals surface area contributed by atoms with Crippen LogP contribution < -0.4 is 4.74 Å². The van der Waals surface area contributed by atoms with E-state index in [-0.39, 0.29) is 18.1 Å². The van der Waals surface area contributed by atoms with Gasteiger partial charge in [-0.15, -0.1) is 0 Å². The minimum atomic E-state index is -4.71. The predicted octanol–water partition coefficient (Wildman–Crippen LogP) is 3.11. The van der Waals surface area contributed by atoms with Gasteiger partial charge in [0.05, 0.1) is 6.61 Å². The first-order chi connectivity index (χ1) is 14.1. The molecule has 0 saturated carbocycles. The van der Waals surface area contributed by atoms with Crippen molar-refractivity contribution in [2.24, 2.45) is 0 Å². The topological polar surface area (TPSA) is 127 Å². The Morgan fingerprint density at radius 3 is 1.73 bits per heavy atom. The highest BCUT2D eigenvalue weighted by molar-refractivity contribution is 7.86. The van der Waals surface area contributed by atoms with Gasteiger partial charge in [0.15, 0.2) is 17.1 Å². The minimum Gasteiger partial charge on any atom is -0.454 e. The van der Waals surface area contributed by atoms with Crippen molar-refractivity contribution in [1.82, 2.24) is 0 Å². The Bertz CT molecular complexity index is 1340. The summed E-state index contributed by atoms with van der Waals surface area (Å²) in [6.07, 6.45) is 0. The first kappa shape index (κ1) is 19.2. The van der Waals surface area contributed by atoms with Crippen molar-refractivity contribution in [2.75, 3.05) is 0 Å². The molecule has 1 spiro atoms. The molecule has 8 nitrogen and oxygen atoms in total. The number of benzene rings is 3. The second-order valence-corrected chi connectivity index (χ2v) is 9.72. The second kappa shape index (κ2) is 6.13. The zero-order chi connectivity index (χ0) is 21.3. The van der Waals surface area contributed by atoms with Crippen LogP contribution in [0.2, 0.25) is 0 Å². The minimum absolute atomic E-state index is 0.182. The summed E-state index contributed by atoms with van der Waals surface area (Å²) in [7, 11) is -9.42. The predicted molar refractivity (Wildman–Crippen MR) is 104 cm³/mol. The third-order valence-corrected chi connectivity index (χ3v) is 7.07. The molecule has 0 radical (unpaired) electrons. The molecule has 0 atom stereocenters. The van der Waals surface area contributed by atoms with Crippen molar-refractivity contribution in [2.45, 2.75) is 22.0 Å². The molecule has 2 heterocycles. The summed E-state index contributed by atoms with van der Waals surface area (Å²) in [4.78, 5) is -1.08. The Labute approximate surface area is 172 Å². The lowest BCUT2D eigenvalue weighted by molar-refractivity contribution is 0.0191. The van der Waals surface area contributed by atoms with E-state index < -0.39 is 35.6 Å². The van der Waals surface area contributed by atoms with Gasteiger partial charge in [0.25, 0.3) is 20.2 Å². The molecule has 2 aliphatic rings. The molecule has 0 bridgehead atoms. The number of hydrogen-bond donors (Lipinski definition) is 2. The van der Waals surface area contributed by atoms with E-state index in [1.165, 1.54) is 12.1 Å². The molecule has 0 saturated heterocycles. The van der Waals surface area contributed by atoms with E-state index in [0.29, 0.717) is 16.7 Å². The summed E-state index contributed by atoms with van der Waals surface area (Å²) in [5.41, 5.74) is 0.702. The molecule has 2 N–H and O–H groups in total. The largest absolute Gasteiger partial charge is 0.454 e. The second-order valence-electron chi connectivity index (χ2n) is 6.94. The molecule has 3 aromatic carbocycles. The van der Waals surface area contributed by atoms with Gasteiger partial charge in [-0.25, -0.2) is 0 Å². The summed E-state index contributed by atoms with van der Waals surface area (Å²) >= 11 is 0. The highest BCUT2D eigenvalue weighted by Crippen LogP contribution is 2.58. The molecule has 2 aliphatic heterocycles. The molecular formula is C20H14O8S2. The molecule has 0 fully saturated rings. The van der Waals surface area contributed by atoms with Gasteiger partial charge >= 0.3 is 0 Å². The molecule has 10 heteroatoms. The average Bonchev–Trinajstić information content (AvgIpc) is 3.06. The van der Waals surface area contributed by atoms with Crippen LogP contribution in [0, 0.1) is 0 Å². The van der Waals surface area contributed by atoms with E-state index in [2.05, 4.69) is 0 Å². The first-order valence-electron chi connectivity index (χ1n) is 8.76. The number of ether oxygens (including phenoxy) is 2. The van der Waals surface area contributed by atoms with Crippen LogP contribution in [0.25, 0.3) is 0 Å². The lowest BCUT2D eigenvalue weighted by Gasteiger charge is -2.38. The number of para-hydroxylation sites is 2. The van der Waals surface area contributed by atoms with Gasteiger partial charge in [0.2, 0.25) is 0 Å². The highest BCUT2D eigenvalue weighted by atomic mass is 32.2. The summed E-state index contributed by atoms with van der Waals surface area (Å²) < 4.78 is 79.5. The van der Waals surface area contributed by atoms with Gasteiger partial charge in [-0.2, -0.15) is 16.8 Å². The number of rotatable bonds is 2. The zero-order valence-electron chi connectivity index (χ0n) is 15.1. The Balaban J connectivity index is 1.96. The van der Waals surface area contributed by atoms with E-state index in [1.807, 2.05) is 12.1 Å². The van der Waals surface area contributed by atoms with E-state index in [4.69, 9.17) is 9.47 Å². The first-order valence-corrected chi connectivity index (χ1v) is 11.6. The fourth-order valence-corrected chi connectivity index (χ4v) is 5.42. The fourth-order valence-electron chi connectivity index (χ4n) is 4.15. The van der Waals surface area contributed by atoms with Crippen molar-refractivity contribution in [3.05, 3.63) is 82.9 Å². The highest BCUT2D eigenvalue weighted by Gasteiger charge is 2.51. The van der Waals surface area contributed by atoms with Crippen LogP contribution in [-0.2, 0) is 37.2 Å². The maximum atomic E-state index is 12.0. The van der Waals surface area contributed by atoms with Crippen molar-refractivity contribution < 1.29 is 35.4 Å². The van der Waals surface area contributed by atoms with E-state index in [1.54, 1.807) is 24.3 Å². The lowest BCUT2D eigenvalue weighted by atomic mass is 9.78. The van der Waals surface area contributed by atoms with Crippen molar-refractivity contribution in [1.29, 1.82) is 0 Å². The maximum absolute atomic E-state index is 12.0. The van der Waals surface area contributed by atoms with Gasteiger partial charge in [-0.1, -0.05) is 48.5 Å². The van der Waals surface area contributed by atoms with Gasteiger partial charge < -0.3 is 9.47 Å². The SMILES string of the molecule is O=S(=O)(O)c1cccc2c1Oc1c(cccc1S(=O)(=O)O)C21OCc2ccccc21. The van der Waals surface area contributed by atoms with E-state index in [0.717, 1.165) is 17.7 Å². The third kappa shape index (κ3) is 2.55. The Morgan fingerprint density at radius 1 is 0.700 bits per heavy atom. The molecular weight excluding hydrogens is 432 g/mol. The van der Waals surface area contributed by atoms with Crippen LogP contribution in [0.15, 0.2) is 70.5 Å². The van der Waals surface area contributed by atoms with Crippen LogP contribution in [-0.4, -0.2) is 25.9 Å². The van der Waals surface area contributed by atoms with Gasteiger partial charge in [0.1, 0.15) is 9.79 Å². The Morgan fingerprint density at radius 2 is 1.20 bits per heavy atom. The third-order valence-electron chi connectivity index (χ3n) is 5.32.